The van der Waals surface area contributed by atoms with Gasteiger partial charge in [-0.25, -0.2) is 4.98 Å². The van der Waals surface area contributed by atoms with Crippen molar-refractivity contribution in [3.63, 3.8) is 0 Å². The summed E-state index contributed by atoms with van der Waals surface area (Å²) in [6.07, 6.45) is 0. The predicted octanol–water partition coefficient (Wildman–Crippen LogP) is 3.30. The molecule has 6 heteroatoms. The number of nitrogens with zero attached hydrogens (tertiary/aromatic N) is 2. The summed E-state index contributed by atoms with van der Waals surface area (Å²) in [7, 11) is 1.73. The Labute approximate surface area is 130 Å². The molecule has 1 aromatic heterocycles. The van der Waals surface area contributed by atoms with E-state index in [1.807, 2.05) is 24.3 Å². The summed E-state index contributed by atoms with van der Waals surface area (Å²) in [6.45, 7) is 0.195. The van der Waals surface area contributed by atoms with Crippen molar-refractivity contribution in [3.8, 4) is 11.5 Å². The maximum atomic E-state index is 12.6. The topological polar surface area (TPSA) is 51.7 Å². The number of ether oxygens (including phenoxy) is 2. The van der Waals surface area contributed by atoms with E-state index in [2.05, 4.69) is 4.98 Å². The number of para-hydroxylation sites is 1. The molecule has 0 fully saturated rings. The zero-order valence-electron chi connectivity index (χ0n) is 11.8. The first-order chi connectivity index (χ1) is 10.7. The van der Waals surface area contributed by atoms with Crippen LogP contribution >= 0.6 is 11.3 Å². The highest BCUT2D eigenvalue weighted by atomic mass is 32.1. The lowest BCUT2D eigenvalue weighted by Crippen LogP contribution is -2.25. The van der Waals surface area contributed by atoms with Gasteiger partial charge in [-0.1, -0.05) is 23.5 Å². The van der Waals surface area contributed by atoms with Crippen LogP contribution in [0.5, 0.6) is 11.5 Å². The molecule has 2 aromatic carbocycles. The second-order valence-electron chi connectivity index (χ2n) is 4.90. The minimum atomic E-state index is -0.127. The van der Waals surface area contributed by atoms with E-state index >= 15 is 0 Å². The Morgan fingerprint density at radius 2 is 2.00 bits per heavy atom. The summed E-state index contributed by atoms with van der Waals surface area (Å²) in [5, 5.41) is 0.670. The van der Waals surface area contributed by atoms with Crippen LogP contribution in [-0.2, 0) is 0 Å². The monoisotopic (exact) mass is 312 g/mol. The van der Waals surface area contributed by atoms with Crippen molar-refractivity contribution in [1.29, 1.82) is 0 Å². The first-order valence-electron chi connectivity index (χ1n) is 6.75. The van der Waals surface area contributed by atoms with Gasteiger partial charge in [-0.15, -0.1) is 0 Å². The second kappa shape index (κ2) is 4.99. The van der Waals surface area contributed by atoms with E-state index < -0.39 is 0 Å². The molecule has 22 heavy (non-hydrogen) atoms. The molecular weight excluding hydrogens is 300 g/mol. The first kappa shape index (κ1) is 13.1. The number of amides is 1. The number of hydrogen-bond acceptors (Lipinski definition) is 5. The number of benzene rings is 2. The van der Waals surface area contributed by atoms with Crippen LogP contribution in [0.2, 0.25) is 0 Å². The zero-order chi connectivity index (χ0) is 15.1. The molecule has 5 nitrogen and oxygen atoms in total. The van der Waals surface area contributed by atoms with Crippen molar-refractivity contribution in [3.05, 3.63) is 48.0 Å². The summed E-state index contributed by atoms with van der Waals surface area (Å²) >= 11 is 1.49. The minimum absolute atomic E-state index is 0.127. The Kier molecular flexibility index (Phi) is 2.97. The molecule has 1 amide bonds. The lowest BCUT2D eigenvalue weighted by Gasteiger charge is -2.13. The Balaban J connectivity index is 1.66. The van der Waals surface area contributed by atoms with Crippen molar-refractivity contribution in [1.82, 2.24) is 4.98 Å². The fraction of sp³-hybridized carbons (Fsp3) is 0.125. The van der Waals surface area contributed by atoms with Crippen LogP contribution in [0.15, 0.2) is 42.5 Å². The first-order valence-corrected chi connectivity index (χ1v) is 7.57. The van der Waals surface area contributed by atoms with Crippen LogP contribution < -0.4 is 14.4 Å². The van der Waals surface area contributed by atoms with Gasteiger partial charge in [-0.05, 0) is 30.3 Å². The average Bonchev–Trinajstić information content (AvgIpc) is 3.18. The van der Waals surface area contributed by atoms with Crippen molar-refractivity contribution in [2.45, 2.75) is 0 Å². The van der Waals surface area contributed by atoms with E-state index in [9.17, 15) is 4.79 Å². The predicted molar refractivity (Wildman–Crippen MR) is 84.9 cm³/mol. The van der Waals surface area contributed by atoms with Crippen LogP contribution in [0.1, 0.15) is 10.4 Å². The van der Waals surface area contributed by atoms with E-state index in [4.69, 9.17) is 9.47 Å². The van der Waals surface area contributed by atoms with Gasteiger partial charge < -0.3 is 9.47 Å². The van der Waals surface area contributed by atoms with Gasteiger partial charge in [0.1, 0.15) is 0 Å². The third-order valence-electron chi connectivity index (χ3n) is 3.49. The molecule has 0 N–H and O–H groups in total. The van der Waals surface area contributed by atoms with E-state index in [-0.39, 0.29) is 12.7 Å². The molecule has 1 aliphatic rings. The highest BCUT2D eigenvalue weighted by Crippen LogP contribution is 2.34. The molecule has 3 aromatic rings. The van der Waals surface area contributed by atoms with Crippen LogP contribution in [0.3, 0.4) is 0 Å². The Morgan fingerprint density at radius 3 is 2.86 bits per heavy atom. The normalized spacial score (nSPS) is 12.6. The number of carbonyl (C=O) groups is 1. The number of hydrogen-bond donors (Lipinski definition) is 0. The third-order valence-corrected chi connectivity index (χ3v) is 4.61. The SMILES string of the molecule is CN(C(=O)c1ccc2c(c1)OCO2)c1nc2ccccc2s1. The molecule has 4 rings (SSSR count). The lowest BCUT2D eigenvalue weighted by atomic mass is 10.2. The molecule has 0 unspecified atom stereocenters. The average molecular weight is 312 g/mol. The fourth-order valence-corrected chi connectivity index (χ4v) is 3.24. The molecule has 0 bridgehead atoms. The summed E-state index contributed by atoms with van der Waals surface area (Å²) in [5.74, 6) is 1.14. The molecule has 0 aliphatic carbocycles. The van der Waals surface area contributed by atoms with Gasteiger partial charge in [0.05, 0.1) is 10.2 Å². The summed E-state index contributed by atoms with van der Waals surface area (Å²) in [4.78, 5) is 18.7. The molecule has 0 atom stereocenters. The standard InChI is InChI=1S/C16H12N2O3S/c1-18(16-17-11-4-2-3-5-14(11)22-16)15(19)10-6-7-12-13(8-10)21-9-20-12/h2-8H,9H2,1H3. The number of rotatable bonds is 2. The smallest absolute Gasteiger partial charge is 0.259 e. The van der Waals surface area contributed by atoms with Gasteiger partial charge in [-0.3, -0.25) is 9.69 Å². The molecule has 0 spiro atoms. The van der Waals surface area contributed by atoms with Gasteiger partial charge in [-0.2, -0.15) is 0 Å². The van der Waals surface area contributed by atoms with Gasteiger partial charge in [0.15, 0.2) is 16.6 Å². The number of fused-ring (bicyclic) bond motifs is 2. The molecule has 110 valence electrons. The number of carbonyl (C=O) groups excluding carboxylic acids is 1. The number of anilines is 1. The third kappa shape index (κ3) is 2.08. The summed E-state index contributed by atoms with van der Waals surface area (Å²) in [6, 6.07) is 13.0. The van der Waals surface area contributed by atoms with Crippen LogP contribution in [0, 0.1) is 0 Å². The van der Waals surface area contributed by atoms with Gasteiger partial charge in [0.2, 0.25) is 6.79 Å². The molecule has 0 saturated heterocycles. The maximum absolute atomic E-state index is 12.6. The van der Waals surface area contributed by atoms with Crippen LogP contribution in [0.4, 0.5) is 5.13 Å². The van der Waals surface area contributed by atoms with Crippen molar-refractivity contribution in [2.24, 2.45) is 0 Å². The van der Waals surface area contributed by atoms with Gasteiger partial charge in [0, 0.05) is 12.6 Å². The van der Waals surface area contributed by atoms with Gasteiger partial charge in [0.25, 0.3) is 5.91 Å². The summed E-state index contributed by atoms with van der Waals surface area (Å²) in [5.41, 5.74) is 1.44. The zero-order valence-corrected chi connectivity index (χ0v) is 12.6. The second-order valence-corrected chi connectivity index (χ2v) is 5.91. The quantitative estimate of drug-likeness (QED) is 0.728. The lowest BCUT2D eigenvalue weighted by molar-refractivity contribution is 0.0992. The molecule has 1 aliphatic heterocycles. The van der Waals surface area contributed by atoms with Crippen LogP contribution in [0.25, 0.3) is 10.2 Å². The van der Waals surface area contributed by atoms with E-state index in [0.29, 0.717) is 22.2 Å². The Hall–Kier alpha value is -2.60. The molecule has 0 saturated carbocycles. The van der Waals surface area contributed by atoms with Gasteiger partial charge >= 0.3 is 0 Å². The largest absolute Gasteiger partial charge is 0.454 e. The van der Waals surface area contributed by atoms with E-state index in [1.54, 1.807) is 30.1 Å². The highest BCUT2D eigenvalue weighted by molar-refractivity contribution is 7.22. The number of thiazole rings is 1. The highest BCUT2D eigenvalue weighted by Gasteiger charge is 2.20. The molecule has 2 heterocycles. The molecule has 0 radical (unpaired) electrons. The van der Waals surface area contributed by atoms with E-state index in [1.165, 1.54) is 11.3 Å². The Bertz CT molecular complexity index is 842. The van der Waals surface area contributed by atoms with Crippen molar-refractivity contribution >= 4 is 32.6 Å². The molecular formula is C16H12N2O3S. The summed E-state index contributed by atoms with van der Waals surface area (Å²) < 4.78 is 11.6. The minimum Gasteiger partial charge on any atom is -0.454 e. The fourth-order valence-electron chi connectivity index (χ4n) is 2.31. The van der Waals surface area contributed by atoms with E-state index in [0.717, 1.165) is 10.2 Å². The maximum Gasteiger partial charge on any atom is 0.259 e. The van der Waals surface area contributed by atoms with Crippen molar-refractivity contribution in [2.75, 3.05) is 18.7 Å². The number of aromatic nitrogens is 1. The van der Waals surface area contributed by atoms with Crippen LogP contribution in [-0.4, -0.2) is 24.7 Å². The Morgan fingerprint density at radius 1 is 1.18 bits per heavy atom. The van der Waals surface area contributed by atoms with Crippen molar-refractivity contribution < 1.29 is 14.3 Å².